The molecule has 1 aliphatic rings. The lowest BCUT2D eigenvalue weighted by atomic mass is 10.0. The molecule has 8 heteroatoms. The van der Waals surface area contributed by atoms with Crippen molar-refractivity contribution < 1.29 is 19.4 Å². The Labute approximate surface area is 172 Å². The molecule has 0 spiro atoms. The van der Waals surface area contributed by atoms with Gasteiger partial charge in [-0.3, -0.25) is 4.79 Å². The summed E-state index contributed by atoms with van der Waals surface area (Å²) in [4.78, 5) is 24.6. The standard InChI is InChI=1S/C22H20N4O4/c1-13-6-5-7-14(10-13)24-21(27)16-12-23-26-18(11-17(22(28)29)25-20(16)26)15-8-3-4-9-19(15)30-2/h3-12,18,25H,1-2H3,(H,24,27)(H,28,29)/t18-/m1/s1. The lowest BCUT2D eigenvalue weighted by Gasteiger charge is -2.25. The zero-order valence-corrected chi connectivity index (χ0v) is 16.4. The average Bonchev–Trinajstić information content (AvgIpc) is 3.17. The van der Waals surface area contributed by atoms with Gasteiger partial charge in [-0.1, -0.05) is 30.3 Å². The molecule has 0 unspecified atom stereocenters. The van der Waals surface area contributed by atoms with E-state index in [4.69, 9.17) is 4.74 Å². The highest BCUT2D eigenvalue weighted by Crippen LogP contribution is 2.36. The van der Waals surface area contributed by atoms with Gasteiger partial charge in [-0.15, -0.1) is 0 Å². The van der Waals surface area contributed by atoms with Crippen LogP contribution < -0.4 is 15.4 Å². The van der Waals surface area contributed by atoms with Gasteiger partial charge in [0.15, 0.2) is 0 Å². The third-order valence-electron chi connectivity index (χ3n) is 4.85. The molecule has 1 amide bonds. The lowest BCUT2D eigenvalue weighted by molar-refractivity contribution is -0.132. The van der Waals surface area contributed by atoms with E-state index in [1.807, 2.05) is 43.3 Å². The molecule has 1 aliphatic heterocycles. The number of carboxylic acids is 1. The molecule has 1 aromatic heterocycles. The summed E-state index contributed by atoms with van der Waals surface area (Å²) >= 11 is 0. The van der Waals surface area contributed by atoms with Gasteiger partial charge < -0.3 is 20.5 Å². The first kappa shape index (κ1) is 19.3. The van der Waals surface area contributed by atoms with Crippen LogP contribution in [0.5, 0.6) is 5.75 Å². The molecular formula is C22H20N4O4. The quantitative estimate of drug-likeness (QED) is 0.602. The number of amides is 1. The fraction of sp³-hybridized carbons (Fsp3) is 0.136. The van der Waals surface area contributed by atoms with E-state index in [1.54, 1.807) is 30.0 Å². The molecule has 30 heavy (non-hydrogen) atoms. The van der Waals surface area contributed by atoms with E-state index in [0.29, 0.717) is 17.3 Å². The highest BCUT2D eigenvalue weighted by Gasteiger charge is 2.30. The number of benzene rings is 2. The summed E-state index contributed by atoms with van der Waals surface area (Å²) in [5, 5.41) is 19.6. The molecule has 4 rings (SSSR count). The number of hydrogen-bond acceptors (Lipinski definition) is 5. The maximum Gasteiger partial charge on any atom is 0.352 e. The van der Waals surface area contributed by atoms with Crippen molar-refractivity contribution >= 4 is 23.4 Å². The SMILES string of the molecule is COc1ccccc1[C@H]1C=C(C(=O)O)Nc2c(C(=O)Nc3cccc(C)c3)cnn21. The minimum Gasteiger partial charge on any atom is -0.496 e. The summed E-state index contributed by atoms with van der Waals surface area (Å²) in [6.07, 6.45) is 2.97. The number of allylic oxidation sites excluding steroid dienone is 1. The first-order valence-corrected chi connectivity index (χ1v) is 9.28. The van der Waals surface area contributed by atoms with E-state index < -0.39 is 12.0 Å². The third kappa shape index (κ3) is 3.50. The van der Waals surface area contributed by atoms with Crippen molar-refractivity contribution in [3.05, 3.63) is 83.2 Å². The number of anilines is 2. The van der Waals surface area contributed by atoms with Gasteiger partial charge in [-0.2, -0.15) is 5.10 Å². The van der Waals surface area contributed by atoms with Gasteiger partial charge in [0.05, 0.1) is 13.3 Å². The minimum absolute atomic E-state index is 0.0384. The summed E-state index contributed by atoms with van der Waals surface area (Å²) in [5.41, 5.74) is 2.59. The number of nitrogens with zero attached hydrogens (tertiary/aromatic N) is 2. The number of carbonyl (C=O) groups is 2. The van der Waals surface area contributed by atoms with Gasteiger partial charge in [0, 0.05) is 11.3 Å². The van der Waals surface area contributed by atoms with Gasteiger partial charge in [0.2, 0.25) is 0 Å². The fourth-order valence-electron chi connectivity index (χ4n) is 3.44. The maximum absolute atomic E-state index is 12.9. The van der Waals surface area contributed by atoms with Crippen molar-refractivity contribution in [2.24, 2.45) is 0 Å². The number of carboxylic acid groups (broad SMARTS) is 1. The third-order valence-corrected chi connectivity index (χ3v) is 4.85. The van der Waals surface area contributed by atoms with E-state index >= 15 is 0 Å². The molecule has 0 saturated heterocycles. The summed E-state index contributed by atoms with van der Waals surface area (Å²) in [5.74, 6) is -0.624. The molecule has 0 aliphatic carbocycles. The smallest absolute Gasteiger partial charge is 0.352 e. The zero-order chi connectivity index (χ0) is 21.3. The number of para-hydroxylation sites is 1. The molecule has 1 atom stereocenters. The summed E-state index contributed by atoms with van der Waals surface area (Å²) in [7, 11) is 1.55. The number of carbonyl (C=O) groups excluding carboxylic acids is 1. The number of ether oxygens (including phenoxy) is 1. The Kier molecular flexibility index (Phi) is 4.97. The van der Waals surface area contributed by atoms with Crippen LogP contribution in [0.25, 0.3) is 0 Å². The van der Waals surface area contributed by atoms with Crippen LogP contribution in [-0.4, -0.2) is 33.9 Å². The molecule has 0 radical (unpaired) electrons. The number of aromatic nitrogens is 2. The van der Waals surface area contributed by atoms with Crippen LogP contribution in [0.2, 0.25) is 0 Å². The van der Waals surface area contributed by atoms with Gasteiger partial charge in [0.25, 0.3) is 5.91 Å². The highest BCUT2D eigenvalue weighted by atomic mass is 16.5. The molecule has 3 aromatic rings. The van der Waals surface area contributed by atoms with Crippen LogP contribution >= 0.6 is 0 Å². The van der Waals surface area contributed by atoms with Crippen LogP contribution in [0.3, 0.4) is 0 Å². The van der Waals surface area contributed by atoms with Crippen LogP contribution in [0, 0.1) is 6.92 Å². The van der Waals surface area contributed by atoms with Gasteiger partial charge in [-0.05, 0) is 36.8 Å². The second kappa shape index (κ2) is 7.75. The number of rotatable bonds is 5. The summed E-state index contributed by atoms with van der Waals surface area (Å²) in [6, 6.07) is 14.2. The van der Waals surface area contributed by atoms with Crippen molar-refractivity contribution in [2.75, 3.05) is 17.7 Å². The Morgan fingerprint density at radius 1 is 1.20 bits per heavy atom. The van der Waals surface area contributed by atoms with Crippen LogP contribution in [-0.2, 0) is 4.79 Å². The normalized spacial score (nSPS) is 14.9. The Bertz CT molecular complexity index is 1170. The highest BCUT2D eigenvalue weighted by molar-refractivity contribution is 6.08. The van der Waals surface area contributed by atoms with Crippen molar-refractivity contribution in [3.8, 4) is 5.75 Å². The van der Waals surface area contributed by atoms with Crippen LogP contribution in [0.15, 0.2) is 66.5 Å². The topological polar surface area (TPSA) is 105 Å². The number of hydrogen-bond donors (Lipinski definition) is 3. The number of fused-ring (bicyclic) bond motifs is 1. The predicted octanol–water partition coefficient (Wildman–Crippen LogP) is 3.44. The molecule has 2 aromatic carbocycles. The molecule has 3 N–H and O–H groups in total. The predicted molar refractivity (Wildman–Crippen MR) is 112 cm³/mol. The molecule has 8 nitrogen and oxygen atoms in total. The molecule has 0 bridgehead atoms. The summed E-state index contributed by atoms with van der Waals surface area (Å²) in [6.45, 7) is 1.93. The largest absolute Gasteiger partial charge is 0.496 e. The number of nitrogens with one attached hydrogen (secondary N) is 2. The van der Waals surface area contributed by atoms with E-state index in [9.17, 15) is 14.7 Å². The Morgan fingerprint density at radius 2 is 2.00 bits per heavy atom. The zero-order valence-electron chi connectivity index (χ0n) is 16.4. The Hall–Kier alpha value is -4.07. The van der Waals surface area contributed by atoms with Gasteiger partial charge in [-0.25, -0.2) is 9.48 Å². The fourth-order valence-corrected chi connectivity index (χ4v) is 3.44. The van der Waals surface area contributed by atoms with Crippen molar-refractivity contribution in [2.45, 2.75) is 13.0 Å². The average molecular weight is 404 g/mol. The molecule has 152 valence electrons. The molecule has 0 fully saturated rings. The van der Waals surface area contributed by atoms with Crippen molar-refractivity contribution in [1.29, 1.82) is 0 Å². The van der Waals surface area contributed by atoms with E-state index in [1.165, 1.54) is 6.20 Å². The van der Waals surface area contributed by atoms with Gasteiger partial charge >= 0.3 is 5.97 Å². The second-order valence-corrected chi connectivity index (χ2v) is 6.87. The lowest BCUT2D eigenvalue weighted by Crippen LogP contribution is -2.26. The Morgan fingerprint density at radius 3 is 2.73 bits per heavy atom. The first-order valence-electron chi connectivity index (χ1n) is 9.28. The second-order valence-electron chi connectivity index (χ2n) is 6.87. The van der Waals surface area contributed by atoms with Crippen LogP contribution in [0.4, 0.5) is 11.5 Å². The van der Waals surface area contributed by atoms with E-state index in [-0.39, 0.29) is 17.2 Å². The maximum atomic E-state index is 12.9. The molecule has 2 heterocycles. The van der Waals surface area contributed by atoms with Crippen molar-refractivity contribution in [3.63, 3.8) is 0 Å². The molecular weight excluding hydrogens is 384 g/mol. The van der Waals surface area contributed by atoms with E-state index in [2.05, 4.69) is 15.7 Å². The number of aryl methyl sites for hydroxylation is 1. The summed E-state index contributed by atoms with van der Waals surface area (Å²) < 4.78 is 7.02. The molecule has 0 saturated carbocycles. The van der Waals surface area contributed by atoms with Crippen molar-refractivity contribution in [1.82, 2.24) is 9.78 Å². The minimum atomic E-state index is -1.13. The van der Waals surface area contributed by atoms with E-state index in [0.717, 1.165) is 11.1 Å². The first-order chi connectivity index (χ1) is 14.5. The van der Waals surface area contributed by atoms with Crippen LogP contribution in [0.1, 0.15) is 27.5 Å². The Balaban J connectivity index is 1.75. The number of aliphatic carboxylic acids is 1. The van der Waals surface area contributed by atoms with Gasteiger partial charge in [0.1, 0.15) is 28.9 Å². The monoisotopic (exact) mass is 404 g/mol. The number of methoxy groups -OCH3 is 1.